The second kappa shape index (κ2) is 9.51. The second-order valence-electron chi connectivity index (χ2n) is 9.06. The van der Waals surface area contributed by atoms with Crippen molar-refractivity contribution >= 4 is 28.6 Å². The molecule has 34 heavy (non-hydrogen) atoms. The van der Waals surface area contributed by atoms with Crippen molar-refractivity contribution in [2.24, 2.45) is 5.92 Å². The standard InChI is InChI=1S/C28H27N3O3/c32-27(33)16-19-6-8-20(9-7-19)21-10-12-22(13-11-21)23-14-15-26-24(17-23)18-29-31(26)28(34)30-25-4-2-1-3-5-25/h1-5,10-15,17-20H,6-9,16H2,(H,30,34)(H,32,33)/t19-,20-. The van der Waals surface area contributed by atoms with Gasteiger partial charge < -0.3 is 10.4 Å². The molecule has 1 saturated carbocycles. The molecule has 6 heteroatoms. The minimum atomic E-state index is -0.688. The lowest BCUT2D eigenvalue weighted by molar-refractivity contribution is -0.138. The van der Waals surface area contributed by atoms with Crippen LogP contribution in [-0.4, -0.2) is 26.9 Å². The molecule has 3 aromatic carbocycles. The largest absolute Gasteiger partial charge is 0.481 e. The summed E-state index contributed by atoms with van der Waals surface area (Å²) < 4.78 is 1.38. The van der Waals surface area contributed by atoms with Crippen molar-refractivity contribution in [3.05, 3.63) is 84.6 Å². The molecule has 6 nitrogen and oxygen atoms in total. The lowest BCUT2D eigenvalue weighted by Gasteiger charge is -2.28. The van der Waals surface area contributed by atoms with Crippen LogP contribution >= 0.6 is 0 Å². The summed E-state index contributed by atoms with van der Waals surface area (Å²) in [5.74, 6) is 0.130. The van der Waals surface area contributed by atoms with Crippen LogP contribution in [0.1, 0.15) is 43.6 Å². The molecule has 0 spiro atoms. The summed E-state index contributed by atoms with van der Waals surface area (Å²) >= 11 is 0. The Hall–Kier alpha value is -3.93. The predicted molar refractivity (Wildman–Crippen MR) is 133 cm³/mol. The fourth-order valence-corrected chi connectivity index (χ4v) is 4.97. The minimum Gasteiger partial charge on any atom is -0.481 e. The molecule has 0 radical (unpaired) electrons. The number of amides is 1. The Balaban J connectivity index is 1.28. The smallest absolute Gasteiger partial charge is 0.347 e. The van der Waals surface area contributed by atoms with E-state index < -0.39 is 5.97 Å². The van der Waals surface area contributed by atoms with E-state index in [0.717, 1.165) is 53.4 Å². The number of carboxylic acid groups (broad SMARTS) is 1. The number of carbonyl (C=O) groups excluding carboxylic acids is 1. The van der Waals surface area contributed by atoms with Crippen molar-refractivity contribution in [3.8, 4) is 11.1 Å². The zero-order valence-corrected chi connectivity index (χ0v) is 18.9. The average molecular weight is 454 g/mol. The number of aromatic nitrogens is 2. The van der Waals surface area contributed by atoms with Gasteiger partial charge in [-0.3, -0.25) is 4.79 Å². The van der Waals surface area contributed by atoms with Crippen molar-refractivity contribution in [2.45, 2.75) is 38.0 Å². The third-order valence-electron chi connectivity index (χ3n) is 6.81. The first-order valence-corrected chi connectivity index (χ1v) is 11.7. The Labute approximate surface area is 198 Å². The van der Waals surface area contributed by atoms with E-state index in [1.165, 1.54) is 10.2 Å². The van der Waals surface area contributed by atoms with Crippen LogP contribution in [0.5, 0.6) is 0 Å². The molecule has 172 valence electrons. The summed E-state index contributed by atoms with van der Waals surface area (Å²) in [6.07, 6.45) is 6.07. The van der Waals surface area contributed by atoms with E-state index in [-0.39, 0.29) is 6.03 Å². The predicted octanol–water partition coefficient (Wildman–Crippen LogP) is 6.53. The third-order valence-corrected chi connectivity index (χ3v) is 6.81. The summed E-state index contributed by atoms with van der Waals surface area (Å²) in [5.41, 5.74) is 5.00. The number of rotatable bonds is 5. The summed E-state index contributed by atoms with van der Waals surface area (Å²) in [7, 11) is 0. The molecule has 0 bridgehead atoms. The number of hydrogen-bond acceptors (Lipinski definition) is 3. The molecule has 1 heterocycles. The first-order chi connectivity index (χ1) is 16.6. The Bertz CT molecular complexity index is 1300. The van der Waals surface area contributed by atoms with Gasteiger partial charge in [0, 0.05) is 17.5 Å². The molecule has 1 aromatic heterocycles. The molecule has 1 fully saturated rings. The number of aliphatic carboxylic acids is 1. The highest BCUT2D eigenvalue weighted by Crippen LogP contribution is 2.37. The van der Waals surface area contributed by atoms with Gasteiger partial charge in [0.15, 0.2) is 0 Å². The van der Waals surface area contributed by atoms with Crippen LogP contribution in [0.2, 0.25) is 0 Å². The molecule has 1 amide bonds. The summed E-state index contributed by atoms with van der Waals surface area (Å²) in [5, 5.41) is 17.1. The van der Waals surface area contributed by atoms with E-state index in [1.54, 1.807) is 6.20 Å². The number of carboxylic acids is 1. The van der Waals surface area contributed by atoms with Gasteiger partial charge in [0.05, 0.1) is 11.7 Å². The number of benzene rings is 3. The monoisotopic (exact) mass is 453 g/mol. The maximum Gasteiger partial charge on any atom is 0.347 e. The van der Waals surface area contributed by atoms with E-state index in [9.17, 15) is 9.59 Å². The number of nitrogens with one attached hydrogen (secondary N) is 1. The highest BCUT2D eigenvalue weighted by molar-refractivity contribution is 5.98. The van der Waals surface area contributed by atoms with Crippen LogP contribution in [0.15, 0.2) is 79.0 Å². The van der Waals surface area contributed by atoms with Gasteiger partial charge in [-0.25, -0.2) is 4.79 Å². The topological polar surface area (TPSA) is 84.2 Å². The zero-order chi connectivity index (χ0) is 23.5. The zero-order valence-electron chi connectivity index (χ0n) is 18.9. The summed E-state index contributed by atoms with van der Waals surface area (Å²) in [6.45, 7) is 0. The number of fused-ring (bicyclic) bond motifs is 1. The quantitative estimate of drug-likeness (QED) is 0.360. The summed E-state index contributed by atoms with van der Waals surface area (Å²) in [6, 6.07) is 23.7. The second-order valence-corrected chi connectivity index (χ2v) is 9.06. The highest BCUT2D eigenvalue weighted by Gasteiger charge is 2.24. The Morgan fingerprint density at radius 2 is 1.62 bits per heavy atom. The van der Waals surface area contributed by atoms with Gasteiger partial charge in [0.25, 0.3) is 0 Å². The molecular weight excluding hydrogens is 426 g/mol. The van der Waals surface area contributed by atoms with Gasteiger partial charge in [-0.2, -0.15) is 9.78 Å². The molecule has 4 aromatic rings. The van der Waals surface area contributed by atoms with Crippen LogP contribution in [0.4, 0.5) is 10.5 Å². The average Bonchev–Trinajstić information content (AvgIpc) is 3.28. The fraction of sp³-hybridized carbons (Fsp3) is 0.250. The molecule has 0 atom stereocenters. The molecule has 0 saturated heterocycles. The van der Waals surface area contributed by atoms with Crippen molar-refractivity contribution in [1.82, 2.24) is 9.78 Å². The molecule has 1 aliphatic rings. The number of carbonyl (C=O) groups is 2. The van der Waals surface area contributed by atoms with Gasteiger partial charge in [-0.1, -0.05) is 48.5 Å². The fourth-order valence-electron chi connectivity index (χ4n) is 4.97. The minimum absolute atomic E-state index is 0.290. The van der Waals surface area contributed by atoms with Crippen molar-refractivity contribution in [1.29, 1.82) is 0 Å². The molecule has 0 aliphatic heterocycles. The number of hydrogen-bond donors (Lipinski definition) is 2. The molecule has 5 rings (SSSR count). The van der Waals surface area contributed by atoms with Crippen molar-refractivity contribution in [2.75, 3.05) is 5.32 Å². The van der Waals surface area contributed by atoms with Crippen LogP contribution in [0.3, 0.4) is 0 Å². The number of anilines is 1. The molecular formula is C28H27N3O3. The highest BCUT2D eigenvalue weighted by atomic mass is 16.4. The van der Waals surface area contributed by atoms with E-state index in [4.69, 9.17) is 5.11 Å². The van der Waals surface area contributed by atoms with Crippen molar-refractivity contribution < 1.29 is 14.7 Å². The SMILES string of the molecule is O=C(O)C[C@H]1CC[C@H](c2ccc(-c3ccc4c(cnn4C(=O)Nc4ccccc4)c3)cc2)CC1. The molecule has 2 N–H and O–H groups in total. The van der Waals surface area contributed by atoms with Gasteiger partial charge >= 0.3 is 12.0 Å². The molecule has 0 unspecified atom stereocenters. The third kappa shape index (κ3) is 4.71. The Kier molecular flexibility index (Phi) is 6.12. The van der Waals surface area contributed by atoms with Crippen molar-refractivity contribution in [3.63, 3.8) is 0 Å². The molecule has 1 aliphatic carbocycles. The first-order valence-electron chi connectivity index (χ1n) is 11.7. The van der Waals surface area contributed by atoms with E-state index >= 15 is 0 Å². The van der Waals surface area contributed by atoms with Crippen LogP contribution in [0.25, 0.3) is 22.0 Å². The Morgan fingerprint density at radius 3 is 2.32 bits per heavy atom. The van der Waals surface area contributed by atoms with Gasteiger partial charge in [-0.15, -0.1) is 0 Å². The number of nitrogens with zero attached hydrogens (tertiary/aromatic N) is 2. The van der Waals surface area contributed by atoms with Crippen LogP contribution < -0.4 is 5.32 Å². The van der Waals surface area contributed by atoms with E-state index in [2.05, 4.69) is 40.7 Å². The Morgan fingerprint density at radius 1 is 0.912 bits per heavy atom. The lowest BCUT2D eigenvalue weighted by Crippen LogP contribution is -2.20. The first kappa shape index (κ1) is 21.9. The van der Waals surface area contributed by atoms with Crippen LogP contribution in [0, 0.1) is 5.92 Å². The van der Waals surface area contributed by atoms with Crippen LogP contribution in [-0.2, 0) is 4.79 Å². The lowest BCUT2D eigenvalue weighted by atomic mass is 9.77. The maximum absolute atomic E-state index is 12.7. The van der Waals surface area contributed by atoms with Gasteiger partial charge in [-0.05, 0) is 78.5 Å². The maximum atomic E-state index is 12.7. The summed E-state index contributed by atoms with van der Waals surface area (Å²) in [4.78, 5) is 23.6. The van der Waals surface area contributed by atoms with E-state index in [0.29, 0.717) is 18.3 Å². The van der Waals surface area contributed by atoms with Gasteiger partial charge in [0.2, 0.25) is 0 Å². The normalized spacial score (nSPS) is 18.0. The number of para-hydroxylation sites is 1. The van der Waals surface area contributed by atoms with E-state index in [1.807, 2.05) is 42.5 Å². The van der Waals surface area contributed by atoms with Gasteiger partial charge in [0.1, 0.15) is 0 Å².